The van der Waals surface area contributed by atoms with Gasteiger partial charge in [0.25, 0.3) is 5.92 Å². The fourth-order valence-electron chi connectivity index (χ4n) is 4.00. The molecule has 4 rings (SSSR count). The molecular weight excluding hydrogens is 344 g/mol. The van der Waals surface area contributed by atoms with Gasteiger partial charge < -0.3 is 20.1 Å². The van der Waals surface area contributed by atoms with E-state index in [4.69, 9.17) is 10.5 Å². The minimum Gasteiger partial charge on any atom is -0.395 e. The molecule has 3 unspecified atom stereocenters. The number of hydrogen-bond donors (Lipinski definition) is 2. The van der Waals surface area contributed by atoms with Crippen LogP contribution in [0.15, 0.2) is 18.6 Å². The number of likely N-dealkylation sites (tertiary alicyclic amines) is 1. The zero-order valence-electron chi connectivity index (χ0n) is 14.4. The smallest absolute Gasteiger partial charge is 0.260 e. The second-order valence-corrected chi connectivity index (χ2v) is 7.17. The number of ether oxygens (including phenoxy) is 1. The van der Waals surface area contributed by atoms with Gasteiger partial charge >= 0.3 is 0 Å². The predicted octanol–water partition coefficient (Wildman–Crippen LogP) is 1.78. The third-order valence-electron chi connectivity index (χ3n) is 5.38. The second kappa shape index (κ2) is 6.71. The third-order valence-corrected chi connectivity index (χ3v) is 5.38. The Hall–Kier alpha value is -1.84. The van der Waals surface area contributed by atoms with Crippen molar-refractivity contribution in [1.82, 2.24) is 19.4 Å². The Morgan fingerprint density at radius 2 is 2.15 bits per heavy atom. The Balaban J connectivity index is 1.45. The normalized spacial score (nSPS) is 29.4. The second-order valence-electron chi connectivity index (χ2n) is 7.17. The van der Waals surface area contributed by atoms with E-state index in [0.717, 1.165) is 18.2 Å². The molecule has 0 aromatic carbocycles. The van der Waals surface area contributed by atoms with Crippen molar-refractivity contribution in [3.63, 3.8) is 0 Å². The van der Waals surface area contributed by atoms with Gasteiger partial charge in [-0.1, -0.05) is 0 Å². The third kappa shape index (κ3) is 3.26. The number of nitrogens with two attached hydrogens (primary N) is 1. The van der Waals surface area contributed by atoms with Gasteiger partial charge in [-0.05, 0) is 25.3 Å². The summed E-state index contributed by atoms with van der Waals surface area (Å²) in [5.74, 6) is -2.28. The number of hydrogen-bond acceptors (Lipinski definition) is 6. The number of aliphatic hydroxyl groups is 1. The molecule has 2 aromatic rings. The first-order chi connectivity index (χ1) is 12.5. The van der Waals surface area contributed by atoms with Crippen LogP contribution in [0.5, 0.6) is 0 Å². The van der Waals surface area contributed by atoms with Crippen molar-refractivity contribution in [2.75, 3.05) is 25.4 Å². The Labute approximate surface area is 149 Å². The number of aromatic nitrogens is 3. The Bertz CT molecular complexity index is 784. The molecule has 2 aromatic heterocycles. The first-order valence-electron chi connectivity index (χ1n) is 8.92. The van der Waals surface area contributed by atoms with E-state index in [1.54, 1.807) is 4.90 Å². The van der Waals surface area contributed by atoms with Gasteiger partial charge in [0.1, 0.15) is 24.0 Å². The molecule has 7 nitrogen and oxygen atoms in total. The highest BCUT2D eigenvalue weighted by Gasteiger charge is 2.41. The van der Waals surface area contributed by atoms with Crippen LogP contribution in [-0.4, -0.2) is 62.3 Å². The van der Waals surface area contributed by atoms with Gasteiger partial charge in [0, 0.05) is 25.2 Å². The summed E-state index contributed by atoms with van der Waals surface area (Å²) in [6.45, 7) is -0.0305. The minimum absolute atomic E-state index is 0.106. The van der Waals surface area contributed by atoms with E-state index in [-0.39, 0.29) is 37.9 Å². The largest absolute Gasteiger partial charge is 0.395 e. The van der Waals surface area contributed by atoms with Crippen LogP contribution in [0.4, 0.5) is 14.6 Å². The zero-order valence-corrected chi connectivity index (χ0v) is 14.4. The molecule has 2 saturated heterocycles. The molecule has 2 aliphatic heterocycles. The molecule has 0 saturated carbocycles. The monoisotopic (exact) mass is 367 g/mol. The standard InChI is InChI=1S/C17H23F2N5O2/c18-17(19)5-3-11(8-25)23(9-17)7-12-1-2-14(26-12)24-6-4-13-15(20)21-10-22-16(13)24/h4,6,10-12,14,25H,1-3,5,7-9H2,(H2,20,21,22). The van der Waals surface area contributed by atoms with E-state index >= 15 is 0 Å². The van der Waals surface area contributed by atoms with Crippen molar-refractivity contribution < 1.29 is 18.6 Å². The first-order valence-corrected chi connectivity index (χ1v) is 8.92. The van der Waals surface area contributed by atoms with Gasteiger partial charge in [-0.2, -0.15) is 0 Å². The topological polar surface area (TPSA) is 89.4 Å². The summed E-state index contributed by atoms with van der Waals surface area (Å²) < 4.78 is 35.5. The minimum atomic E-state index is -2.70. The summed E-state index contributed by atoms with van der Waals surface area (Å²) >= 11 is 0. The molecule has 3 atom stereocenters. The van der Waals surface area contributed by atoms with E-state index in [0.29, 0.717) is 24.4 Å². The number of rotatable bonds is 4. The molecule has 9 heteroatoms. The maximum Gasteiger partial charge on any atom is 0.260 e. The summed E-state index contributed by atoms with van der Waals surface area (Å²) in [4.78, 5) is 9.93. The SMILES string of the molecule is Nc1ncnc2c1ccn2C1CCC(CN2CC(F)(F)CCC2CO)O1. The van der Waals surface area contributed by atoms with Crippen molar-refractivity contribution in [2.24, 2.45) is 0 Å². The molecule has 2 aliphatic rings. The molecule has 0 aliphatic carbocycles. The number of nitrogens with zero attached hydrogens (tertiary/aromatic N) is 4. The number of nitrogen functional groups attached to an aromatic ring is 1. The van der Waals surface area contributed by atoms with Crippen LogP contribution in [0, 0.1) is 0 Å². The van der Waals surface area contributed by atoms with Gasteiger partial charge in [-0.15, -0.1) is 0 Å². The first kappa shape index (κ1) is 17.6. The summed E-state index contributed by atoms with van der Waals surface area (Å²) in [5.41, 5.74) is 6.58. The number of anilines is 1. The zero-order chi connectivity index (χ0) is 18.3. The molecule has 3 N–H and O–H groups in total. The molecule has 2 fully saturated rings. The molecule has 142 valence electrons. The average molecular weight is 367 g/mol. The van der Waals surface area contributed by atoms with Crippen molar-refractivity contribution in [3.05, 3.63) is 18.6 Å². The van der Waals surface area contributed by atoms with Crippen LogP contribution in [0.2, 0.25) is 0 Å². The van der Waals surface area contributed by atoms with Crippen LogP contribution < -0.4 is 5.73 Å². The lowest BCUT2D eigenvalue weighted by atomic mass is 9.99. The number of aliphatic hydroxyl groups excluding tert-OH is 1. The molecule has 26 heavy (non-hydrogen) atoms. The highest BCUT2D eigenvalue weighted by molar-refractivity contribution is 5.86. The Morgan fingerprint density at radius 1 is 1.31 bits per heavy atom. The summed E-state index contributed by atoms with van der Waals surface area (Å²) in [7, 11) is 0. The summed E-state index contributed by atoms with van der Waals surface area (Å²) in [6, 6.07) is 1.63. The highest BCUT2D eigenvalue weighted by atomic mass is 19.3. The lowest BCUT2D eigenvalue weighted by Gasteiger charge is -2.39. The van der Waals surface area contributed by atoms with Crippen molar-refractivity contribution in [3.8, 4) is 0 Å². The van der Waals surface area contributed by atoms with Crippen molar-refractivity contribution in [2.45, 2.75) is 50.0 Å². The number of piperidine rings is 1. The van der Waals surface area contributed by atoms with Crippen molar-refractivity contribution in [1.29, 1.82) is 0 Å². The maximum absolute atomic E-state index is 13.8. The van der Waals surface area contributed by atoms with Gasteiger partial charge in [-0.3, -0.25) is 4.90 Å². The summed E-state index contributed by atoms with van der Waals surface area (Å²) in [5, 5.41) is 10.3. The van der Waals surface area contributed by atoms with E-state index in [9.17, 15) is 13.9 Å². The van der Waals surface area contributed by atoms with Crippen LogP contribution >= 0.6 is 0 Å². The van der Waals surface area contributed by atoms with Crippen molar-refractivity contribution >= 4 is 16.9 Å². The summed E-state index contributed by atoms with van der Waals surface area (Å²) in [6.07, 6.45) is 4.61. The van der Waals surface area contributed by atoms with Crippen LogP contribution in [0.1, 0.15) is 31.9 Å². The number of fused-ring (bicyclic) bond motifs is 1. The lowest BCUT2D eigenvalue weighted by molar-refractivity contribution is -0.105. The van der Waals surface area contributed by atoms with Gasteiger partial charge in [0.2, 0.25) is 0 Å². The molecule has 0 amide bonds. The fraction of sp³-hybridized carbons (Fsp3) is 0.647. The van der Waals surface area contributed by atoms with Crippen LogP contribution in [-0.2, 0) is 4.74 Å². The maximum atomic E-state index is 13.8. The van der Waals surface area contributed by atoms with Crippen LogP contribution in [0.3, 0.4) is 0 Å². The number of halogens is 2. The van der Waals surface area contributed by atoms with E-state index < -0.39 is 5.92 Å². The number of alkyl halides is 2. The quantitative estimate of drug-likeness (QED) is 0.856. The predicted molar refractivity (Wildman–Crippen MR) is 91.7 cm³/mol. The molecule has 0 radical (unpaired) electrons. The lowest BCUT2D eigenvalue weighted by Crippen LogP contribution is -2.52. The van der Waals surface area contributed by atoms with E-state index in [1.165, 1.54) is 6.33 Å². The molecule has 0 bridgehead atoms. The van der Waals surface area contributed by atoms with E-state index in [2.05, 4.69) is 9.97 Å². The van der Waals surface area contributed by atoms with E-state index in [1.807, 2.05) is 16.8 Å². The van der Waals surface area contributed by atoms with Crippen LogP contribution in [0.25, 0.3) is 11.0 Å². The fourth-order valence-corrected chi connectivity index (χ4v) is 4.00. The molecule has 0 spiro atoms. The average Bonchev–Trinajstić information content (AvgIpc) is 3.22. The highest BCUT2D eigenvalue weighted by Crippen LogP contribution is 2.35. The Kier molecular flexibility index (Phi) is 4.54. The van der Waals surface area contributed by atoms with Gasteiger partial charge in [-0.25, -0.2) is 18.7 Å². The molecule has 4 heterocycles. The Morgan fingerprint density at radius 3 is 2.96 bits per heavy atom. The van der Waals surface area contributed by atoms with Gasteiger partial charge in [0.15, 0.2) is 0 Å². The molecular formula is C17H23F2N5O2. The van der Waals surface area contributed by atoms with Gasteiger partial charge in [0.05, 0.1) is 24.6 Å².